The van der Waals surface area contributed by atoms with Crippen molar-refractivity contribution < 1.29 is 29.0 Å². The normalized spacial score (nSPS) is 27.2. The number of hydrogen-bond acceptors (Lipinski definition) is 7. The third-order valence-electron chi connectivity index (χ3n) is 7.87. The van der Waals surface area contributed by atoms with Crippen molar-refractivity contribution >= 4 is 35.2 Å². The highest BCUT2D eigenvalue weighted by molar-refractivity contribution is 8.02. The molecule has 1 aromatic rings. The Labute approximate surface area is 229 Å². The average Bonchev–Trinajstić information content (AvgIpc) is 3.57. The number of nitrogens with zero attached hydrogens (tertiary/aromatic N) is 2. The number of benzene rings is 1. The van der Waals surface area contributed by atoms with Crippen LogP contribution in [0, 0.1) is 11.8 Å². The molecule has 1 aromatic carbocycles. The molecule has 0 aliphatic carbocycles. The van der Waals surface area contributed by atoms with Crippen LogP contribution in [0.3, 0.4) is 0 Å². The number of rotatable bonds is 14. The number of carbonyl (C=O) groups is 3. The number of carbonyl (C=O) groups excluding carboxylic acids is 3. The number of ether oxygens (including phenoxy) is 2. The molecule has 5 atom stereocenters. The molecule has 3 fully saturated rings. The van der Waals surface area contributed by atoms with Crippen molar-refractivity contribution in [2.45, 2.75) is 54.6 Å². The Kier molecular flexibility index (Phi) is 9.20. The predicted molar refractivity (Wildman–Crippen MR) is 148 cm³/mol. The Morgan fingerprint density at radius 2 is 1.97 bits per heavy atom. The third kappa shape index (κ3) is 5.10. The number of fused-ring (bicyclic) bond motifs is 1. The number of amides is 2. The lowest BCUT2D eigenvalue weighted by atomic mass is 9.71. The van der Waals surface area contributed by atoms with Crippen molar-refractivity contribution in [3.63, 3.8) is 0 Å². The van der Waals surface area contributed by atoms with Gasteiger partial charge in [0.1, 0.15) is 11.8 Å². The summed E-state index contributed by atoms with van der Waals surface area (Å²) in [5, 5.41) is 9.50. The topological polar surface area (TPSA) is 96.4 Å². The van der Waals surface area contributed by atoms with E-state index in [-0.39, 0.29) is 42.7 Å². The number of anilines is 1. The quantitative estimate of drug-likeness (QED) is 0.218. The number of allylic oxidation sites excluding steroid dienone is 1. The number of aliphatic hydroxyl groups excluding tert-OH is 1. The van der Waals surface area contributed by atoms with Crippen LogP contribution in [-0.2, 0) is 19.1 Å². The minimum absolute atomic E-state index is 0.0474. The molecule has 0 aromatic heterocycles. The van der Waals surface area contributed by atoms with Gasteiger partial charge in [-0.2, -0.15) is 0 Å². The Morgan fingerprint density at radius 3 is 2.63 bits per heavy atom. The van der Waals surface area contributed by atoms with Crippen LogP contribution < -0.4 is 9.64 Å². The van der Waals surface area contributed by atoms with Crippen molar-refractivity contribution in [2.24, 2.45) is 11.8 Å². The summed E-state index contributed by atoms with van der Waals surface area (Å²) in [6.45, 7) is 8.31. The monoisotopic (exact) mass is 542 g/mol. The van der Waals surface area contributed by atoms with Crippen molar-refractivity contribution in [1.29, 1.82) is 0 Å². The Hall–Kier alpha value is -2.78. The number of thioether (sulfide) groups is 1. The molecule has 0 radical (unpaired) electrons. The molecule has 3 aliphatic heterocycles. The number of likely N-dealkylation sites (tertiary alicyclic amines) is 1. The lowest BCUT2D eigenvalue weighted by Crippen LogP contribution is -2.55. The first-order valence-electron chi connectivity index (χ1n) is 13.4. The highest BCUT2D eigenvalue weighted by atomic mass is 32.2. The zero-order valence-corrected chi connectivity index (χ0v) is 22.9. The molecule has 8 nitrogen and oxygen atoms in total. The number of unbranched alkanes of at least 4 members (excludes halogenated alkanes) is 2. The molecule has 1 N–H and O–H groups in total. The van der Waals surface area contributed by atoms with Gasteiger partial charge in [0.05, 0.1) is 30.3 Å². The zero-order valence-electron chi connectivity index (χ0n) is 22.0. The summed E-state index contributed by atoms with van der Waals surface area (Å²) in [4.78, 5) is 44.8. The molecule has 4 rings (SSSR count). The lowest BCUT2D eigenvalue weighted by molar-refractivity contribution is -0.154. The molecule has 206 valence electrons. The van der Waals surface area contributed by atoms with Gasteiger partial charge in [-0.25, -0.2) is 0 Å². The second-order valence-electron chi connectivity index (χ2n) is 10.1. The van der Waals surface area contributed by atoms with E-state index < -0.39 is 22.6 Å². The molecule has 9 heteroatoms. The van der Waals surface area contributed by atoms with Crippen molar-refractivity contribution in [1.82, 2.24) is 4.90 Å². The summed E-state index contributed by atoms with van der Waals surface area (Å²) in [7, 11) is 1.58. The maximum atomic E-state index is 14.3. The summed E-state index contributed by atoms with van der Waals surface area (Å²) >= 11 is 1.62. The van der Waals surface area contributed by atoms with E-state index in [2.05, 4.69) is 13.2 Å². The lowest BCUT2D eigenvalue weighted by Gasteiger charge is -2.37. The van der Waals surface area contributed by atoms with Crippen LogP contribution in [0.2, 0.25) is 0 Å². The number of methoxy groups -OCH3 is 1. The minimum Gasteiger partial charge on any atom is -0.497 e. The van der Waals surface area contributed by atoms with Gasteiger partial charge in [0, 0.05) is 30.6 Å². The van der Waals surface area contributed by atoms with E-state index in [0.717, 1.165) is 25.7 Å². The highest BCUT2D eigenvalue weighted by Crippen LogP contribution is 2.66. The van der Waals surface area contributed by atoms with Crippen molar-refractivity contribution in [2.75, 3.05) is 38.3 Å². The average molecular weight is 543 g/mol. The molecular formula is C29H38N2O6S. The van der Waals surface area contributed by atoms with E-state index in [1.165, 1.54) is 0 Å². The highest BCUT2D eigenvalue weighted by Gasteiger charge is 2.74. The van der Waals surface area contributed by atoms with E-state index in [1.54, 1.807) is 46.9 Å². The summed E-state index contributed by atoms with van der Waals surface area (Å²) < 4.78 is 10.2. The first kappa shape index (κ1) is 28.2. The van der Waals surface area contributed by atoms with Crippen LogP contribution in [0.1, 0.15) is 38.5 Å². The zero-order chi connectivity index (χ0) is 27.3. The first-order chi connectivity index (χ1) is 18.4. The Bertz CT molecular complexity index is 1050. The van der Waals surface area contributed by atoms with Crippen LogP contribution in [0.15, 0.2) is 49.6 Å². The molecule has 2 bridgehead atoms. The van der Waals surface area contributed by atoms with E-state index in [0.29, 0.717) is 30.9 Å². The van der Waals surface area contributed by atoms with Gasteiger partial charge in [0.15, 0.2) is 0 Å². The van der Waals surface area contributed by atoms with Gasteiger partial charge in [0.25, 0.3) is 5.91 Å². The van der Waals surface area contributed by atoms with Gasteiger partial charge in [-0.15, -0.1) is 24.9 Å². The molecule has 3 aliphatic rings. The maximum absolute atomic E-state index is 14.3. The molecule has 0 saturated carbocycles. The van der Waals surface area contributed by atoms with Gasteiger partial charge in [0.2, 0.25) is 5.91 Å². The first-order valence-corrected chi connectivity index (χ1v) is 14.2. The largest absolute Gasteiger partial charge is 0.497 e. The number of aliphatic hydroxyl groups is 1. The van der Waals surface area contributed by atoms with Crippen LogP contribution in [0.25, 0.3) is 0 Å². The second kappa shape index (κ2) is 12.4. The van der Waals surface area contributed by atoms with E-state index in [4.69, 9.17) is 9.47 Å². The smallest absolute Gasteiger partial charge is 0.310 e. The third-order valence-corrected chi connectivity index (χ3v) is 9.82. The molecular weight excluding hydrogens is 504 g/mol. The standard InChI is InChI=1S/C29H38N2O6S/c1-4-6-7-8-19-37-28(35)23-22-14-15-29(38-22)24(23)26(33)31(17-9-18-32)25(29)27(34)30(16-5-2)20-10-12-21(36-3)13-11-20/h4-5,10-13,22-25,32H,1-2,6-9,14-19H2,3H3/t22-,23+,24+,25?,29?/m1/s1. The molecule has 38 heavy (non-hydrogen) atoms. The van der Waals surface area contributed by atoms with Gasteiger partial charge in [-0.1, -0.05) is 12.2 Å². The maximum Gasteiger partial charge on any atom is 0.310 e. The van der Waals surface area contributed by atoms with Crippen molar-refractivity contribution in [3.8, 4) is 5.75 Å². The van der Waals surface area contributed by atoms with Crippen LogP contribution >= 0.6 is 11.8 Å². The molecule has 2 unspecified atom stereocenters. The van der Waals surface area contributed by atoms with E-state index in [9.17, 15) is 19.5 Å². The van der Waals surface area contributed by atoms with Crippen LogP contribution in [0.5, 0.6) is 5.75 Å². The summed E-state index contributed by atoms with van der Waals surface area (Å²) in [6, 6.07) is 6.47. The summed E-state index contributed by atoms with van der Waals surface area (Å²) in [5.41, 5.74) is 0.679. The van der Waals surface area contributed by atoms with E-state index in [1.807, 2.05) is 18.2 Å². The van der Waals surface area contributed by atoms with Gasteiger partial charge in [-0.3, -0.25) is 14.4 Å². The van der Waals surface area contributed by atoms with Gasteiger partial charge < -0.3 is 24.4 Å². The fourth-order valence-electron chi connectivity index (χ4n) is 6.20. The fraction of sp³-hybridized carbons (Fsp3) is 0.552. The number of hydrogen-bond donors (Lipinski definition) is 1. The fourth-order valence-corrected chi connectivity index (χ4v) is 8.40. The summed E-state index contributed by atoms with van der Waals surface area (Å²) in [6.07, 6.45) is 7.80. The second-order valence-corrected chi connectivity index (χ2v) is 11.7. The van der Waals surface area contributed by atoms with Crippen molar-refractivity contribution in [3.05, 3.63) is 49.6 Å². The Morgan fingerprint density at radius 1 is 1.21 bits per heavy atom. The SMILES string of the molecule is C=CCCCCOC(=O)[C@@H]1[C@H]2C(=O)N(CCCO)C(C(=O)N(CC=C)c3ccc(OC)cc3)C23CC[C@H]1S3. The van der Waals surface area contributed by atoms with Crippen LogP contribution in [0.4, 0.5) is 5.69 Å². The Balaban J connectivity index is 1.63. The van der Waals surface area contributed by atoms with Crippen LogP contribution in [-0.4, -0.2) is 77.2 Å². The molecule has 1 spiro atoms. The summed E-state index contributed by atoms with van der Waals surface area (Å²) in [5.74, 6) is -1.22. The molecule has 3 heterocycles. The molecule has 3 saturated heterocycles. The predicted octanol–water partition coefficient (Wildman–Crippen LogP) is 3.59. The molecule has 2 amide bonds. The van der Waals surface area contributed by atoms with Gasteiger partial charge in [-0.05, 0) is 62.8 Å². The van der Waals surface area contributed by atoms with Gasteiger partial charge >= 0.3 is 5.97 Å². The van der Waals surface area contributed by atoms with E-state index >= 15 is 0 Å². The number of esters is 1. The minimum atomic E-state index is -0.742.